The zero-order chi connectivity index (χ0) is 19.6. The van der Waals surface area contributed by atoms with Crippen molar-refractivity contribution in [1.82, 2.24) is 14.7 Å². The first-order valence-corrected chi connectivity index (χ1v) is 9.73. The highest BCUT2D eigenvalue weighted by Gasteiger charge is 2.49. The molecule has 1 unspecified atom stereocenters. The first kappa shape index (κ1) is 19.7. The third kappa shape index (κ3) is 3.81. The minimum atomic E-state index is -0.0877. The van der Waals surface area contributed by atoms with E-state index in [2.05, 4.69) is 11.9 Å². The summed E-state index contributed by atoms with van der Waals surface area (Å²) in [6.45, 7) is 2.35. The minimum Gasteiger partial charge on any atom is -0.497 e. The normalized spacial score (nSPS) is 22.5. The van der Waals surface area contributed by atoms with Crippen LogP contribution in [0.25, 0.3) is 0 Å². The number of piperidine rings is 2. The predicted octanol–water partition coefficient (Wildman–Crippen LogP) is 2.10. The third-order valence-corrected chi connectivity index (χ3v) is 6.24. The lowest BCUT2D eigenvalue weighted by Crippen LogP contribution is -2.61. The Morgan fingerprint density at radius 2 is 1.85 bits per heavy atom. The summed E-state index contributed by atoms with van der Waals surface area (Å²) in [7, 11) is 7.33. The van der Waals surface area contributed by atoms with E-state index in [1.165, 1.54) is 0 Å². The zero-order valence-corrected chi connectivity index (χ0v) is 16.9. The number of benzene rings is 1. The molecule has 0 N–H and O–H groups in total. The van der Waals surface area contributed by atoms with Crippen molar-refractivity contribution >= 4 is 11.8 Å². The van der Waals surface area contributed by atoms with E-state index in [-0.39, 0.29) is 23.3 Å². The molecular formula is C21H31N3O3. The summed E-state index contributed by atoms with van der Waals surface area (Å²) in [4.78, 5) is 31.6. The van der Waals surface area contributed by atoms with E-state index in [1.54, 1.807) is 18.1 Å². The van der Waals surface area contributed by atoms with Crippen molar-refractivity contribution in [3.8, 4) is 5.75 Å². The highest BCUT2D eigenvalue weighted by Crippen LogP contribution is 2.45. The lowest BCUT2D eigenvalue weighted by atomic mass is 9.66. The van der Waals surface area contributed by atoms with Crippen LogP contribution in [-0.4, -0.2) is 80.4 Å². The van der Waals surface area contributed by atoms with Gasteiger partial charge in [0.2, 0.25) is 5.91 Å². The van der Waals surface area contributed by atoms with Crippen molar-refractivity contribution in [2.24, 2.45) is 5.41 Å². The first-order chi connectivity index (χ1) is 12.9. The molecule has 2 aliphatic heterocycles. The summed E-state index contributed by atoms with van der Waals surface area (Å²) in [6.07, 6.45) is 3.91. The van der Waals surface area contributed by atoms with Crippen molar-refractivity contribution in [2.45, 2.75) is 31.7 Å². The molecule has 3 rings (SSSR count). The largest absolute Gasteiger partial charge is 0.497 e. The number of ether oxygens (including phenoxy) is 1. The minimum absolute atomic E-state index is 0.0283. The van der Waals surface area contributed by atoms with Crippen LogP contribution in [0.2, 0.25) is 0 Å². The Hall–Kier alpha value is -2.08. The molecule has 0 radical (unpaired) electrons. The summed E-state index contributed by atoms with van der Waals surface area (Å²) < 4.78 is 5.24. The van der Waals surface area contributed by atoms with Gasteiger partial charge in [0.15, 0.2) is 0 Å². The molecule has 148 valence electrons. The van der Waals surface area contributed by atoms with Gasteiger partial charge >= 0.3 is 0 Å². The quantitative estimate of drug-likeness (QED) is 0.814. The summed E-state index contributed by atoms with van der Waals surface area (Å²) in [6, 6.07) is 7.23. The van der Waals surface area contributed by atoms with Gasteiger partial charge < -0.3 is 14.5 Å². The van der Waals surface area contributed by atoms with Crippen LogP contribution in [-0.2, 0) is 4.79 Å². The van der Waals surface area contributed by atoms with E-state index < -0.39 is 0 Å². The number of hydrogen-bond acceptors (Lipinski definition) is 4. The van der Waals surface area contributed by atoms with E-state index in [0.717, 1.165) is 32.2 Å². The molecule has 1 atom stereocenters. The smallest absolute Gasteiger partial charge is 0.253 e. The molecule has 1 aromatic carbocycles. The van der Waals surface area contributed by atoms with Crippen LogP contribution in [0.4, 0.5) is 0 Å². The average molecular weight is 373 g/mol. The fourth-order valence-electron chi connectivity index (χ4n) is 4.73. The number of methoxy groups -OCH3 is 1. The van der Waals surface area contributed by atoms with E-state index in [0.29, 0.717) is 24.4 Å². The molecule has 6 nitrogen and oxygen atoms in total. The fraction of sp³-hybridized carbons (Fsp3) is 0.619. The van der Waals surface area contributed by atoms with Crippen LogP contribution in [0.1, 0.15) is 36.0 Å². The van der Waals surface area contributed by atoms with Gasteiger partial charge in [0.1, 0.15) is 5.75 Å². The first-order valence-electron chi connectivity index (χ1n) is 9.73. The molecule has 2 aliphatic rings. The van der Waals surface area contributed by atoms with Crippen molar-refractivity contribution in [2.75, 3.05) is 47.9 Å². The Labute approximate surface area is 162 Å². The number of likely N-dealkylation sites (N-methyl/N-ethyl adjacent to an activating group) is 2. The van der Waals surface area contributed by atoms with Crippen LogP contribution < -0.4 is 4.74 Å². The van der Waals surface area contributed by atoms with Crippen LogP contribution in [0.15, 0.2) is 24.3 Å². The SMILES string of the molecule is COc1cccc(C(=O)N2CCC3(CCCN(C)C3C(=O)N(C)C)CC2)c1. The molecule has 0 bridgehead atoms. The van der Waals surface area contributed by atoms with Crippen LogP contribution >= 0.6 is 0 Å². The topological polar surface area (TPSA) is 53.1 Å². The molecule has 0 aromatic heterocycles. The van der Waals surface area contributed by atoms with Gasteiger partial charge in [-0.05, 0) is 62.9 Å². The molecule has 2 heterocycles. The maximum absolute atomic E-state index is 12.9. The van der Waals surface area contributed by atoms with Crippen LogP contribution in [0, 0.1) is 5.41 Å². The van der Waals surface area contributed by atoms with Gasteiger partial charge in [-0.1, -0.05) is 6.07 Å². The Balaban J connectivity index is 1.74. The molecule has 6 heteroatoms. The lowest BCUT2D eigenvalue weighted by Gasteiger charge is -2.52. The van der Waals surface area contributed by atoms with E-state index >= 15 is 0 Å². The average Bonchev–Trinajstić information content (AvgIpc) is 2.68. The maximum atomic E-state index is 12.9. The fourth-order valence-corrected chi connectivity index (χ4v) is 4.73. The van der Waals surface area contributed by atoms with Crippen molar-refractivity contribution in [3.63, 3.8) is 0 Å². The molecule has 2 saturated heterocycles. The number of hydrogen-bond donors (Lipinski definition) is 0. The number of rotatable bonds is 3. The summed E-state index contributed by atoms with van der Waals surface area (Å²) in [5, 5.41) is 0. The Kier molecular flexibility index (Phi) is 5.75. The molecule has 1 aromatic rings. The van der Waals surface area contributed by atoms with Crippen LogP contribution in [0.3, 0.4) is 0 Å². The molecule has 2 fully saturated rings. The summed E-state index contributed by atoms with van der Waals surface area (Å²) >= 11 is 0. The molecule has 0 aliphatic carbocycles. The Morgan fingerprint density at radius 3 is 2.48 bits per heavy atom. The van der Waals surface area contributed by atoms with Gasteiger partial charge in [0.25, 0.3) is 5.91 Å². The van der Waals surface area contributed by atoms with E-state index in [9.17, 15) is 9.59 Å². The Morgan fingerprint density at radius 1 is 1.15 bits per heavy atom. The van der Waals surface area contributed by atoms with Crippen molar-refractivity contribution < 1.29 is 14.3 Å². The van der Waals surface area contributed by atoms with Gasteiger partial charge in [0, 0.05) is 32.7 Å². The lowest BCUT2D eigenvalue weighted by molar-refractivity contribution is -0.144. The van der Waals surface area contributed by atoms with Gasteiger partial charge in [-0.15, -0.1) is 0 Å². The molecule has 1 spiro atoms. The molecule has 0 saturated carbocycles. The van der Waals surface area contributed by atoms with Gasteiger partial charge in [-0.25, -0.2) is 0 Å². The second-order valence-electron chi connectivity index (χ2n) is 8.11. The zero-order valence-electron chi connectivity index (χ0n) is 16.9. The Bertz CT molecular complexity index is 696. The predicted molar refractivity (Wildman–Crippen MR) is 105 cm³/mol. The number of likely N-dealkylation sites (tertiary alicyclic amines) is 2. The molecular weight excluding hydrogens is 342 g/mol. The second kappa shape index (κ2) is 7.89. The van der Waals surface area contributed by atoms with E-state index in [1.807, 2.05) is 37.2 Å². The highest BCUT2D eigenvalue weighted by atomic mass is 16.5. The van der Waals surface area contributed by atoms with Crippen LogP contribution in [0.5, 0.6) is 5.75 Å². The molecule has 27 heavy (non-hydrogen) atoms. The summed E-state index contributed by atoms with van der Waals surface area (Å²) in [5.74, 6) is 0.924. The monoisotopic (exact) mass is 373 g/mol. The number of carbonyl (C=O) groups is 2. The van der Waals surface area contributed by atoms with Crippen molar-refractivity contribution in [1.29, 1.82) is 0 Å². The summed E-state index contributed by atoms with van der Waals surface area (Å²) in [5.41, 5.74) is 0.631. The maximum Gasteiger partial charge on any atom is 0.253 e. The number of carbonyl (C=O) groups excluding carboxylic acids is 2. The van der Waals surface area contributed by atoms with Gasteiger partial charge in [-0.3, -0.25) is 14.5 Å². The second-order valence-corrected chi connectivity index (χ2v) is 8.11. The van der Waals surface area contributed by atoms with Gasteiger partial charge in [0.05, 0.1) is 13.2 Å². The highest BCUT2D eigenvalue weighted by molar-refractivity contribution is 5.94. The standard InChI is InChI=1S/C21H31N3O3/c1-22(2)20(26)18-21(9-6-12-23(18)3)10-13-24(14-11-21)19(25)16-7-5-8-17(15-16)27-4/h5,7-8,15,18H,6,9-14H2,1-4H3. The number of amides is 2. The van der Waals surface area contributed by atoms with Crippen molar-refractivity contribution in [3.05, 3.63) is 29.8 Å². The molecule has 2 amide bonds. The third-order valence-electron chi connectivity index (χ3n) is 6.24. The van der Waals surface area contributed by atoms with Gasteiger partial charge in [-0.2, -0.15) is 0 Å². The van der Waals surface area contributed by atoms with E-state index in [4.69, 9.17) is 4.74 Å². The number of nitrogens with zero attached hydrogens (tertiary/aromatic N) is 3.